The maximum Gasteiger partial charge on any atom is 0.308 e. The molecule has 0 unspecified atom stereocenters. The minimum atomic E-state index is -0.422. The van der Waals surface area contributed by atoms with Crippen molar-refractivity contribution in [2.45, 2.75) is 20.8 Å². The van der Waals surface area contributed by atoms with E-state index < -0.39 is 5.97 Å². The van der Waals surface area contributed by atoms with E-state index in [1.807, 2.05) is 13.0 Å². The number of carbonyl (C=O) groups is 2. The fourth-order valence-corrected chi connectivity index (χ4v) is 2.29. The predicted molar refractivity (Wildman–Crippen MR) is 78.9 cm³/mol. The largest absolute Gasteiger partial charge is 0.462 e. The van der Waals surface area contributed by atoms with Crippen LogP contribution >= 0.6 is 0 Å². The Balaban J connectivity index is 1.98. The van der Waals surface area contributed by atoms with Gasteiger partial charge >= 0.3 is 5.97 Å². The lowest BCUT2D eigenvalue weighted by Crippen LogP contribution is -2.03. The third kappa shape index (κ3) is 2.41. The monoisotopic (exact) mass is 298 g/mol. The molecule has 2 heterocycles. The average molecular weight is 298 g/mol. The van der Waals surface area contributed by atoms with E-state index in [0.717, 1.165) is 5.76 Å². The summed E-state index contributed by atoms with van der Waals surface area (Å²) in [5.74, 6) is 1.64. The smallest absolute Gasteiger partial charge is 0.308 e. The third-order valence-electron chi connectivity index (χ3n) is 3.32. The van der Waals surface area contributed by atoms with Crippen LogP contribution in [0.4, 0.5) is 0 Å². The van der Waals surface area contributed by atoms with Crippen LogP contribution in [0.5, 0.6) is 11.5 Å². The Bertz CT molecular complexity index is 810. The van der Waals surface area contributed by atoms with Gasteiger partial charge in [0.25, 0.3) is 0 Å². The van der Waals surface area contributed by atoms with Gasteiger partial charge in [-0.3, -0.25) is 9.59 Å². The van der Waals surface area contributed by atoms with Crippen LogP contribution in [0, 0.1) is 13.8 Å². The Kier molecular flexibility index (Phi) is 3.33. The Morgan fingerprint density at radius 1 is 1.18 bits per heavy atom. The fourth-order valence-electron chi connectivity index (χ4n) is 2.29. The van der Waals surface area contributed by atoms with Gasteiger partial charge in [0.05, 0.1) is 5.56 Å². The van der Waals surface area contributed by atoms with Crippen molar-refractivity contribution in [3.05, 3.63) is 52.7 Å². The van der Waals surface area contributed by atoms with Crippen LogP contribution in [0.2, 0.25) is 0 Å². The lowest BCUT2D eigenvalue weighted by Gasteiger charge is -2.08. The molecule has 0 saturated carbocycles. The summed E-state index contributed by atoms with van der Waals surface area (Å²) in [5.41, 5.74) is 1.06. The molecule has 1 aliphatic heterocycles. The summed E-state index contributed by atoms with van der Waals surface area (Å²) < 4.78 is 16.2. The van der Waals surface area contributed by atoms with E-state index in [9.17, 15) is 9.59 Å². The number of fused-ring (bicyclic) bond motifs is 1. The maximum atomic E-state index is 12.4. The highest BCUT2D eigenvalue weighted by molar-refractivity contribution is 6.14. The van der Waals surface area contributed by atoms with Crippen LogP contribution in [0.25, 0.3) is 6.08 Å². The maximum absolute atomic E-state index is 12.4. The number of allylic oxidation sites excluding steroid dienone is 1. The molecule has 0 fully saturated rings. The number of furan rings is 1. The van der Waals surface area contributed by atoms with E-state index in [1.54, 1.807) is 31.2 Å². The van der Waals surface area contributed by atoms with E-state index >= 15 is 0 Å². The molecule has 5 nitrogen and oxygen atoms in total. The minimum Gasteiger partial charge on any atom is -0.462 e. The Morgan fingerprint density at radius 3 is 2.59 bits per heavy atom. The second-order valence-corrected chi connectivity index (χ2v) is 5.05. The molecular formula is C17H14O5. The summed E-state index contributed by atoms with van der Waals surface area (Å²) in [6, 6.07) is 6.76. The standard InChI is InChI=1S/C17H14O5/c1-9-4-5-12(20-9)8-15-16(19)13-6-7-14(21-11(3)18)10(2)17(13)22-15/h4-8H,1-3H3/b15-8-. The van der Waals surface area contributed by atoms with Crippen LogP contribution in [-0.2, 0) is 4.79 Å². The molecule has 0 atom stereocenters. The van der Waals surface area contributed by atoms with Crippen molar-refractivity contribution in [3.63, 3.8) is 0 Å². The molecule has 0 amide bonds. The Labute approximate surface area is 127 Å². The molecule has 0 radical (unpaired) electrons. The van der Waals surface area contributed by atoms with Crippen molar-refractivity contribution in [2.24, 2.45) is 0 Å². The Hall–Kier alpha value is -2.82. The predicted octanol–water partition coefficient (Wildman–Crippen LogP) is 3.44. The van der Waals surface area contributed by atoms with Crippen molar-refractivity contribution in [2.75, 3.05) is 0 Å². The van der Waals surface area contributed by atoms with Gasteiger partial charge in [0.2, 0.25) is 5.78 Å². The first kappa shape index (κ1) is 14.1. The SMILES string of the molecule is CC(=O)Oc1ccc2c(c1C)O/C(=C\c1ccc(C)o1)C2=O. The number of esters is 1. The van der Waals surface area contributed by atoms with E-state index in [1.165, 1.54) is 6.92 Å². The highest BCUT2D eigenvalue weighted by Crippen LogP contribution is 2.39. The summed E-state index contributed by atoms with van der Waals surface area (Å²) in [7, 11) is 0. The van der Waals surface area contributed by atoms with Gasteiger partial charge in [-0.1, -0.05) is 0 Å². The van der Waals surface area contributed by atoms with Crippen molar-refractivity contribution in [1.29, 1.82) is 0 Å². The fraction of sp³-hybridized carbons (Fsp3) is 0.176. The molecule has 112 valence electrons. The molecule has 2 aromatic rings. The van der Waals surface area contributed by atoms with Gasteiger partial charge in [0, 0.05) is 18.6 Å². The molecule has 5 heteroatoms. The number of carbonyl (C=O) groups excluding carboxylic acids is 2. The molecule has 1 aromatic heterocycles. The van der Waals surface area contributed by atoms with Crippen molar-refractivity contribution < 1.29 is 23.5 Å². The summed E-state index contributed by atoms with van der Waals surface area (Å²) in [6.45, 7) is 4.89. The molecule has 3 rings (SSSR count). The lowest BCUT2D eigenvalue weighted by molar-refractivity contribution is -0.131. The molecule has 0 bridgehead atoms. The lowest BCUT2D eigenvalue weighted by atomic mass is 10.1. The van der Waals surface area contributed by atoms with Crippen LogP contribution < -0.4 is 9.47 Å². The third-order valence-corrected chi connectivity index (χ3v) is 3.32. The highest BCUT2D eigenvalue weighted by atomic mass is 16.5. The van der Waals surface area contributed by atoms with Gasteiger partial charge in [0.15, 0.2) is 5.76 Å². The van der Waals surface area contributed by atoms with Gasteiger partial charge in [-0.2, -0.15) is 0 Å². The van der Waals surface area contributed by atoms with Crippen LogP contribution in [0.3, 0.4) is 0 Å². The topological polar surface area (TPSA) is 65.7 Å². The zero-order valence-electron chi connectivity index (χ0n) is 12.4. The van der Waals surface area contributed by atoms with Crippen molar-refractivity contribution >= 4 is 17.8 Å². The second kappa shape index (κ2) is 5.18. The number of ketones is 1. The highest BCUT2D eigenvalue weighted by Gasteiger charge is 2.30. The molecular weight excluding hydrogens is 284 g/mol. The van der Waals surface area contributed by atoms with E-state index in [-0.39, 0.29) is 11.5 Å². The van der Waals surface area contributed by atoms with Gasteiger partial charge in [-0.15, -0.1) is 0 Å². The first-order valence-electron chi connectivity index (χ1n) is 6.78. The molecule has 1 aliphatic rings. The summed E-state index contributed by atoms with van der Waals surface area (Å²) in [5, 5.41) is 0. The number of ether oxygens (including phenoxy) is 2. The molecule has 22 heavy (non-hydrogen) atoms. The van der Waals surface area contributed by atoms with E-state index in [2.05, 4.69) is 0 Å². The summed E-state index contributed by atoms with van der Waals surface area (Å²) in [4.78, 5) is 23.4. The Morgan fingerprint density at radius 2 is 1.95 bits per heavy atom. The van der Waals surface area contributed by atoms with Gasteiger partial charge in [-0.25, -0.2) is 0 Å². The summed E-state index contributed by atoms with van der Waals surface area (Å²) >= 11 is 0. The van der Waals surface area contributed by atoms with E-state index in [0.29, 0.717) is 28.4 Å². The summed E-state index contributed by atoms with van der Waals surface area (Å²) in [6.07, 6.45) is 1.56. The minimum absolute atomic E-state index is 0.187. The van der Waals surface area contributed by atoms with Gasteiger partial charge in [0.1, 0.15) is 23.0 Å². The van der Waals surface area contributed by atoms with Gasteiger partial charge in [-0.05, 0) is 38.1 Å². The first-order chi connectivity index (χ1) is 10.5. The zero-order valence-corrected chi connectivity index (χ0v) is 12.4. The molecule has 1 aromatic carbocycles. The number of aryl methyl sites for hydroxylation is 1. The van der Waals surface area contributed by atoms with E-state index in [4.69, 9.17) is 13.9 Å². The number of rotatable bonds is 2. The first-order valence-corrected chi connectivity index (χ1v) is 6.78. The second-order valence-electron chi connectivity index (χ2n) is 5.05. The number of hydrogen-bond donors (Lipinski definition) is 0. The number of benzene rings is 1. The number of Topliss-reactive ketones (excluding diaryl/α,β-unsaturated/α-hetero) is 1. The molecule has 0 aliphatic carbocycles. The normalized spacial score (nSPS) is 14.9. The quantitative estimate of drug-likeness (QED) is 0.483. The number of hydrogen-bond acceptors (Lipinski definition) is 5. The van der Waals surface area contributed by atoms with Crippen LogP contribution in [-0.4, -0.2) is 11.8 Å². The molecule has 0 N–H and O–H groups in total. The van der Waals surface area contributed by atoms with Crippen LogP contribution in [0.15, 0.2) is 34.4 Å². The molecule has 0 spiro atoms. The average Bonchev–Trinajstić information content (AvgIpc) is 2.99. The van der Waals surface area contributed by atoms with Gasteiger partial charge < -0.3 is 13.9 Å². The van der Waals surface area contributed by atoms with Crippen molar-refractivity contribution in [1.82, 2.24) is 0 Å². The van der Waals surface area contributed by atoms with Crippen molar-refractivity contribution in [3.8, 4) is 11.5 Å². The zero-order chi connectivity index (χ0) is 15.9. The molecule has 0 saturated heterocycles. The van der Waals surface area contributed by atoms with Crippen LogP contribution in [0.1, 0.15) is 34.4 Å².